The van der Waals surface area contributed by atoms with Crippen LogP contribution in [0.1, 0.15) is 6.92 Å². The molecule has 2 aromatic carbocycles. The van der Waals surface area contributed by atoms with Crippen molar-refractivity contribution in [2.75, 3.05) is 11.3 Å². The Bertz CT molecular complexity index is 698. The number of sulfonamides is 1. The smallest absolute Gasteiger partial charge is 0.262 e. The Balaban J connectivity index is 2.34. The van der Waals surface area contributed by atoms with Crippen LogP contribution in [-0.2, 0) is 10.0 Å². The van der Waals surface area contributed by atoms with Crippen molar-refractivity contribution in [2.24, 2.45) is 0 Å². The minimum atomic E-state index is -3.77. The molecule has 0 fully saturated rings. The predicted octanol–water partition coefficient (Wildman–Crippen LogP) is 2.59. The molecule has 0 heterocycles. The summed E-state index contributed by atoms with van der Waals surface area (Å²) in [6.45, 7) is 2.26. The number of nitrogens with one attached hydrogen (secondary N) is 1. The van der Waals surface area contributed by atoms with Gasteiger partial charge in [-0.1, -0.05) is 18.2 Å². The van der Waals surface area contributed by atoms with Gasteiger partial charge in [0.05, 0.1) is 17.2 Å². The zero-order chi connectivity index (χ0) is 14.6. The van der Waals surface area contributed by atoms with Crippen LogP contribution in [0.5, 0.6) is 11.5 Å². The number of phenols is 1. The maximum absolute atomic E-state index is 12.2. The molecule has 2 rings (SSSR count). The molecule has 0 saturated carbocycles. The molecule has 0 aromatic heterocycles. The van der Waals surface area contributed by atoms with Crippen LogP contribution in [0.4, 0.5) is 5.69 Å². The van der Waals surface area contributed by atoms with E-state index in [-0.39, 0.29) is 10.6 Å². The van der Waals surface area contributed by atoms with E-state index in [1.165, 1.54) is 24.3 Å². The number of aromatic hydroxyl groups is 1. The summed E-state index contributed by atoms with van der Waals surface area (Å²) < 4.78 is 32.3. The largest absolute Gasteiger partial charge is 0.508 e. The van der Waals surface area contributed by atoms with Crippen molar-refractivity contribution in [3.63, 3.8) is 0 Å². The van der Waals surface area contributed by atoms with Gasteiger partial charge in [-0.25, -0.2) is 8.42 Å². The molecule has 0 aliphatic heterocycles. The number of hydrogen-bond donors (Lipinski definition) is 2. The quantitative estimate of drug-likeness (QED) is 0.888. The summed E-state index contributed by atoms with van der Waals surface area (Å²) in [6.07, 6.45) is 0. The van der Waals surface area contributed by atoms with E-state index in [9.17, 15) is 13.5 Å². The highest BCUT2D eigenvalue weighted by Gasteiger charge is 2.16. The molecular formula is C14H15NO4S. The fourth-order valence-corrected chi connectivity index (χ4v) is 2.80. The van der Waals surface area contributed by atoms with E-state index in [0.717, 1.165) is 0 Å². The first kappa shape index (κ1) is 14.2. The molecule has 0 radical (unpaired) electrons. The van der Waals surface area contributed by atoms with Gasteiger partial charge in [0.25, 0.3) is 10.0 Å². The number of ether oxygens (including phenoxy) is 1. The van der Waals surface area contributed by atoms with Gasteiger partial charge < -0.3 is 9.84 Å². The minimum Gasteiger partial charge on any atom is -0.508 e. The predicted molar refractivity (Wildman–Crippen MR) is 76.5 cm³/mol. The SMILES string of the molecule is CCOc1ccccc1NS(=O)(=O)c1cccc(O)c1. The first-order valence-electron chi connectivity index (χ1n) is 6.06. The maximum Gasteiger partial charge on any atom is 0.262 e. The van der Waals surface area contributed by atoms with E-state index in [0.29, 0.717) is 18.0 Å². The van der Waals surface area contributed by atoms with E-state index >= 15 is 0 Å². The third kappa shape index (κ3) is 3.21. The average Bonchev–Trinajstić information content (AvgIpc) is 2.41. The van der Waals surface area contributed by atoms with Crippen molar-refractivity contribution >= 4 is 15.7 Å². The van der Waals surface area contributed by atoms with Crippen molar-refractivity contribution in [1.82, 2.24) is 0 Å². The van der Waals surface area contributed by atoms with E-state index < -0.39 is 10.0 Å². The van der Waals surface area contributed by atoms with Crippen LogP contribution in [0, 0.1) is 0 Å². The van der Waals surface area contributed by atoms with Crippen molar-refractivity contribution in [3.05, 3.63) is 48.5 Å². The molecule has 0 saturated heterocycles. The lowest BCUT2D eigenvalue weighted by atomic mass is 10.3. The Labute approximate surface area is 117 Å². The summed E-state index contributed by atoms with van der Waals surface area (Å²) in [5.41, 5.74) is 0.359. The second-order valence-electron chi connectivity index (χ2n) is 4.03. The van der Waals surface area contributed by atoms with Crippen LogP contribution in [0.15, 0.2) is 53.4 Å². The van der Waals surface area contributed by atoms with Gasteiger partial charge in [0.1, 0.15) is 11.5 Å². The maximum atomic E-state index is 12.2. The van der Waals surface area contributed by atoms with Crippen molar-refractivity contribution < 1.29 is 18.3 Å². The van der Waals surface area contributed by atoms with Crippen LogP contribution < -0.4 is 9.46 Å². The van der Waals surface area contributed by atoms with E-state index in [1.807, 2.05) is 6.92 Å². The Morgan fingerprint density at radius 1 is 1.15 bits per heavy atom. The second-order valence-corrected chi connectivity index (χ2v) is 5.71. The fourth-order valence-electron chi connectivity index (χ4n) is 1.69. The van der Waals surface area contributed by atoms with Gasteiger partial charge in [0.2, 0.25) is 0 Å². The Morgan fingerprint density at radius 3 is 2.60 bits per heavy atom. The molecule has 0 spiro atoms. The van der Waals surface area contributed by atoms with Gasteiger partial charge >= 0.3 is 0 Å². The first-order valence-corrected chi connectivity index (χ1v) is 7.55. The van der Waals surface area contributed by atoms with Crippen molar-refractivity contribution in [1.29, 1.82) is 0 Å². The Hall–Kier alpha value is -2.21. The molecule has 0 amide bonds. The molecule has 6 heteroatoms. The van der Waals surface area contributed by atoms with Crippen LogP contribution >= 0.6 is 0 Å². The van der Waals surface area contributed by atoms with Crippen LogP contribution in [0.2, 0.25) is 0 Å². The van der Waals surface area contributed by atoms with Crippen molar-refractivity contribution in [3.8, 4) is 11.5 Å². The molecule has 0 unspecified atom stereocenters. The molecule has 20 heavy (non-hydrogen) atoms. The number of phenolic OH excluding ortho intramolecular Hbond substituents is 1. The number of rotatable bonds is 5. The third-order valence-corrected chi connectivity index (χ3v) is 3.92. The first-order chi connectivity index (χ1) is 9.53. The summed E-state index contributed by atoms with van der Waals surface area (Å²) in [7, 11) is -3.77. The molecule has 106 valence electrons. The number of anilines is 1. The van der Waals surface area contributed by atoms with Crippen molar-refractivity contribution in [2.45, 2.75) is 11.8 Å². The Kier molecular flexibility index (Phi) is 4.14. The zero-order valence-corrected chi connectivity index (χ0v) is 11.7. The molecule has 0 aliphatic rings. The Morgan fingerprint density at radius 2 is 1.90 bits per heavy atom. The summed E-state index contributed by atoms with van der Waals surface area (Å²) in [4.78, 5) is -0.0104. The zero-order valence-electron chi connectivity index (χ0n) is 10.9. The van der Waals surface area contributed by atoms with E-state index in [4.69, 9.17) is 4.74 Å². The summed E-state index contributed by atoms with van der Waals surface area (Å²) in [5, 5.41) is 9.36. The highest BCUT2D eigenvalue weighted by Crippen LogP contribution is 2.27. The molecule has 5 nitrogen and oxygen atoms in total. The molecule has 2 N–H and O–H groups in total. The van der Waals surface area contributed by atoms with E-state index in [2.05, 4.69) is 4.72 Å². The van der Waals surface area contributed by atoms with E-state index in [1.54, 1.807) is 24.3 Å². The number of hydrogen-bond acceptors (Lipinski definition) is 4. The molecule has 0 aliphatic carbocycles. The normalized spacial score (nSPS) is 11.1. The van der Waals surface area contributed by atoms with Gasteiger partial charge in [0, 0.05) is 6.07 Å². The summed E-state index contributed by atoms with van der Waals surface area (Å²) >= 11 is 0. The topological polar surface area (TPSA) is 75.6 Å². The van der Waals surface area contributed by atoms with Crippen LogP contribution in [0.3, 0.4) is 0 Å². The van der Waals surface area contributed by atoms with Gasteiger partial charge in [-0.2, -0.15) is 0 Å². The lowest BCUT2D eigenvalue weighted by Crippen LogP contribution is -2.13. The summed E-state index contributed by atoms with van der Waals surface area (Å²) in [6, 6.07) is 12.2. The molecular weight excluding hydrogens is 278 g/mol. The van der Waals surface area contributed by atoms with Crippen LogP contribution in [0.25, 0.3) is 0 Å². The van der Waals surface area contributed by atoms with Gasteiger partial charge in [-0.3, -0.25) is 4.72 Å². The average molecular weight is 293 g/mol. The second kappa shape index (κ2) is 5.83. The van der Waals surface area contributed by atoms with Gasteiger partial charge in [-0.15, -0.1) is 0 Å². The minimum absolute atomic E-state index is 0.0104. The molecule has 0 bridgehead atoms. The standard InChI is InChI=1S/C14H15NO4S/c1-2-19-14-9-4-3-8-13(14)15-20(17,18)12-7-5-6-11(16)10-12/h3-10,15-16H,2H2,1H3. The lowest BCUT2D eigenvalue weighted by molar-refractivity contribution is 0.342. The number of benzene rings is 2. The monoisotopic (exact) mass is 293 g/mol. The fraction of sp³-hybridized carbons (Fsp3) is 0.143. The highest BCUT2D eigenvalue weighted by molar-refractivity contribution is 7.92. The summed E-state index contributed by atoms with van der Waals surface area (Å²) in [5.74, 6) is 0.352. The van der Waals surface area contributed by atoms with Gasteiger partial charge in [0.15, 0.2) is 0 Å². The van der Waals surface area contributed by atoms with Gasteiger partial charge in [-0.05, 0) is 31.2 Å². The molecule has 2 aromatic rings. The molecule has 0 atom stereocenters. The third-order valence-electron chi connectivity index (χ3n) is 2.56. The van der Waals surface area contributed by atoms with Crippen LogP contribution in [-0.4, -0.2) is 20.1 Å². The lowest BCUT2D eigenvalue weighted by Gasteiger charge is -2.12. The number of para-hydroxylation sites is 2. The highest BCUT2D eigenvalue weighted by atomic mass is 32.2.